The van der Waals surface area contributed by atoms with Crippen molar-refractivity contribution in [3.05, 3.63) is 71.8 Å². The Morgan fingerprint density at radius 1 is 1.00 bits per heavy atom. The maximum Gasteiger partial charge on any atom is 0.284 e. The van der Waals surface area contributed by atoms with Gasteiger partial charge in [0.1, 0.15) is 17.5 Å². The zero-order chi connectivity index (χ0) is 19.8. The molecular weight excluding hydrogens is 357 g/mol. The summed E-state index contributed by atoms with van der Waals surface area (Å²) >= 11 is 0. The van der Waals surface area contributed by atoms with Crippen molar-refractivity contribution in [1.29, 1.82) is 0 Å². The van der Waals surface area contributed by atoms with E-state index < -0.39 is 24.8 Å². The van der Waals surface area contributed by atoms with Crippen molar-refractivity contribution in [1.82, 2.24) is 4.67 Å². The Labute approximate surface area is 162 Å². The van der Waals surface area contributed by atoms with E-state index in [-0.39, 0.29) is 11.8 Å². The Balaban J connectivity index is 2.22. The van der Waals surface area contributed by atoms with Gasteiger partial charge >= 0.3 is 0 Å². The molecule has 2 aromatic rings. The molecule has 27 heavy (non-hydrogen) atoms. The van der Waals surface area contributed by atoms with Gasteiger partial charge in [0.15, 0.2) is 0 Å². The summed E-state index contributed by atoms with van der Waals surface area (Å²) in [5, 5.41) is 0. The van der Waals surface area contributed by atoms with Gasteiger partial charge in [-0.15, -0.1) is 0 Å². The molecule has 1 fully saturated rings. The van der Waals surface area contributed by atoms with Crippen molar-refractivity contribution in [2.24, 2.45) is 0 Å². The third-order valence-electron chi connectivity index (χ3n) is 5.15. The number of benzene rings is 2. The second-order valence-corrected chi connectivity index (χ2v) is 10.7. The molecule has 0 radical (unpaired) electrons. The van der Waals surface area contributed by atoms with Gasteiger partial charge in [-0.05, 0) is 45.7 Å². The lowest BCUT2D eigenvalue weighted by molar-refractivity contribution is -0.116. The lowest BCUT2D eigenvalue weighted by Gasteiger charge is -2.40. The summed E-state index contributed by atoms with van der Waals surface area (Å²) in [6.07, 6.45) is -0.402. The smallest absolute Gasteiger partial charge is 0.284 e. The molecule has 1 heterocycles. The van der Waals surface area contributed by atoms with Crippen LogP contribution in [-0.2, 0) is 13.9 Å². The molecule has 1 aliphatic rings. The predicted molar refractivity (Wildman–Crippen MR) is 109 cm³/mol. The molecule has 0 bridgehead atoms. The summed E-state index contributed by atoms with van der Waals surface area (Å²) in [4.78, 5) is 12.2. The SMILES string of the molecule is CC(=O)[C@@H](C)[P@]1(=O)O[C@@H](c2ccccc2)[C@@H](c2ccccc2)N1C(C)(C)C. The fourth-order valence-corrected chi connectivity index (χ4v) is 6.88. The van der Waals surface area contributed by atoms with Crippen molar-refractivity contribution < 1.29 is 13.9 Å². The standard InChI is InChI=1S/C22H28NO3P/c1-16(24)17(2)27(25)23(22(3,4)5)20(18-12-8-6-9-13-18)21(26-27)19-14-10-7-11-15-19/h6-15,17,20-21H,1-5H3/t17-,20-,21+,27+/m1/s1. The number of Topliss-reactive ketones (excluding diaryl/α,β-unsaturated/α-hetero) is 1. The van der Waals surface area contributed by atoms with E-state index in [4.69, 9.17) is 4.52 Å². The molecule has 1 aliphatic heterocycles. The van der Waals surface area contributed by atoms with E-state index in [1.807, 2.05) is 86.1 Å². The zero-order valence-electron chi connectivity index (χ0n) is 16.6. The van der Waals surface area contributed by atoms with Gasteiger partial charge in [0, 0.05) is 5.54 Å². The molecule has 0 unspecified atom stereocenters. The minimum Gasteiger partial charge on any atom is -0.307 e. The Kier molecular flexibility index (Phi) is 5.45. The first kappa shape index (κ1) is 20.0. The first-order valence-corrected chi connectivity index (χ1v) is 11.0. The van der Waals surface area contributed by atoms with Crippen LogP contribution in [-0.4, -0.2) is 21.7 Å². The van der Waals surface area contributed by atoms with E-state index in [2.05, 4.69) is 0 Å². The van der Waals surface area contributed by atoms with Gasteiger partial charge in [0.05, 0.1) is 6.04 Å². The fourth-order valence-electron chi connectivity index (χ4n) is 3.77. The highest BCUT2D eigenvalue weighted by Gasteiger charge is 2.58. The van der Waals surface area contributed by atoms with Crippen LogP contribution in [0, 0.1) is 0 Å². The summed E-state index contributed by atoms with van der Waals surface area (Å²) in [6, 6.07) is 19.6. The molecule has 1 saturated heterocycles. The quantitative estimate of drug-likeness (QED) is 0.627. The molecule has 0 aliphatic carbocycles. The van der Waals surface area contributed by atoms with Crippen LogP contribution < -0.4 is 0 Å². The van der Waals surface area contributed by atoms with E-state index >= 15 is 0 Å². The molecule has 3 rings (SSSR count). The highest BCUT2D eigenvalue weighted by Crippen LogP contribution is 2.72. The number of carbonyl (C=O) groups is 1. The minimum absolute atomic E-state index is 0.117. The maximum atomic E-state index is 14.2. The Morgan fingerprint density at radius 3 is 1.93 bits per heavy atom. The van der Waals surface area contributed by atoms with Crippen molar-refractivity contribution in [2.75, 3.05) is 0 Å². The first-order valence-electron chi connectivity index (χ1n) is 9.34. The highest BCUT2D eigenvalue weighted by molar-refractivity contribution is 7.58. The van der Waals surface area contributed by atoms with Gasteiger partial charge in [0.25, 0.3) is 7.52 Å². The maximum absolute atomic E-state index is 14.2. The van der Waals surface area contributed by atoms with Crippen LogP contribution in [0.4, 0.5) is 0 Å². The molecule has 5 heteroatoms. The molecule has 144 valence electrons. The van der Waals surface area contributed by atoms with Crippen LogP contribution in [0.25, 0.3) is 0 Å². The number of rotatable bonds is 4. The number of hydrogen-bond acceptors (Lipinski definition) is 3. The predicted octanol–water partition coefficient (Wildman–Crippen LogP) is 5.77. The number of carbonyl (C=O) groups excluding carboxylic acids is 1. The third-order valence-corrected chi connectivity index (χ3v) is 8.47. The summed E-state index contributed by atoms with van der Waals surface area (Å²) in [5.41, 5.74) is 0.879. The average molecular weight is 385 g/mol. The van der Waals surface area contributed by atoms with Crippen LogP contribution in [0.15, 0.2) is 60.7 Å². The number of hydrogen-bond donors (Lipinski definition) is 0. The number of nitrogens with zero attached hydrogens (tertiary/aromatic N) is 1. The van der Waals surface area contributed by atoms with E-state index in [9.17, 15) is 9.36 Å². The molecule has 0 saturated carbocycles. The van der Waals surface area contributed by atoms with Gasteiger partial charge in [-0.2, -0.15) is 0 Å². The van der Waals surface area contributed by atoms with Gasteiger partial charge in [-0.25, -0.2) is 4.67 Å². The fraction of sp³-hybridized carbons (Fsp3) is 0.409. The lowest BCUT2D eigenvalue weighted by Crippen LogP contribution is -2.41. The molecule has 0 N–H and O–H groups in total. The number of ketones is 1. The molecule has 4 atom stereocenters. The molecule has 0 aromatic heterocycles. The van der Waals surface area contributed by atoms with E-state index in [0.717, 1.165) is 11.1 Å². The van der Waals surface area contributed by atoms with Crippen LogP contribution in [0.5, 0.6) is 0 Å². The largest absolute Gasteiger partial charge is 0.307 e. The highest BCUT2D eigenvalue weighted by atomic mass is 31.2. The summed E-state index contributed by atoms with van der Waals surface area (Å²) < 4.78 is 22.5. The zero-order valence-corrected chi connectivity index (χ0v) is 17.5. The molecular formula is C22H28NO3P. The van der Waals surface area contributed by atoms with Gasteiger partial charge < -0.3 is 4.52 Å². The van der Waals surface area contributed by atoms with Crippen LogP contribution in [0.3, 0.4) is 0 Å². The first-order chi connectivity index (χ1) is 12.7. The molecule has 4 nitrogen and oxygen atoms in total. The minimum atomic E-state index is -3.41. The third kappa shape index (κ3) is 3.67. The van der Waals surface area contributed by atoms with E-state index in [1.165, 1.54) is 6.92 Å². The molecule has 2 aromatic carbocycles. The van der Waals surface area contributed by atoms with Gasteiger partial charge in [-0.3, -0.25) is 9.36 Å². The Bertz CT molecular complexity index is 845. The normalized spacial score (nSPS) is 27.4. The van der Waals surface area contributed by atoms with Crippen LogP contribution >= 0.6 is 7.52 Å². The van der Waals surface area contributed by atoms with Crippen LogP contribution in [0.1, 0.15) is 57.9 Å². The summed E-state index contributed by atoms with van der Waals surface area (Å²) in [6.45, 7) is 9.29. The van der Waals surface area contributed by atoms with Crippen LogP contribution in [0.2, 0.25) is 0 Å². The van der Waals surface area contributed by atoms with E-state index in [1.54, 1.807) is 6.92 Å². The van der Waals surface area contributed by atoms with Crippen molar-refractivity contribution >= 4 is 13.3 Å². The monoisotopic (exact) mass is 385 g/mol. The lowest BCUT2D eigenvalue weighted by atomic mass is 9.93. The summed E-state index contributed by atoms with van der Waals surface area (Å²) in [7, 11) is -3.41. The van der Waals surface area contributed by atoms with Gasteiger partial charge in [0.2, 0.25) is 0 Å². The second kappa shape index (κ2) is 7.35. The molecule has 0 spiro atoms. The van der Waals surface area contributed by atoms with Crippen molar-refractivity contribution in [2.45, 2.75) is 58.0 Å². The summed E-state index contributed by atoms with van der Waals surface area (Å²) in [5.74, 6) is -0.117. The van der Waals surface area contributed by atoms with Crippen molar-refractivity contribution in [3.63, 3.8) is 0 Å². The Morgan fingerprint density at radius 2 is 1.48 bits per heavy atom. The second-order valence-electron chi connectivity index (χ2n) is 8.16. The topological polar surface area (TPSA) is 46.6 Å². The molecule has 0 amide bonds. The average Bonchev–Trinajstić information content (AvgIpc) is 2.97. The van der Waals surface area contributed by atoms with Gasteiger partial charge in [-0.1, -0.05) is 60.7 Å². The van der Waals surface area contributed by atoms with E-state index in [0.29, 0.717) is 0 Å². The van der Waals surface area contributed by atoms with Crippen molar-refractivity contribution in [3.8, 4) is 0 Å². The Hall–Kier alpha value is -1.74.